The van der Waals surface area contributed by atoms with Gasteiger partial charge in [-0.25, -0.2) is 0 Å². The van der Waals surface area contributed by atoms with Crippen LogP contribution < -0.4 is 10.2 Å². The molecule has 9 heteroatoms. The molecule has 0 aliphatic carbocycles. The van der Waals surface area contributed by atoms with Crippen LogP contribution in [0.3, 0.4) is 0 Å². The molecule has 0 aromatic heterocycles. The largest absolute Gasteiger partial charge is 0.756 e. The molecule has 8 nitrogen and oxygen atoms in total. The number of hydrogen-bond acceptors (Lipinski definition) is 6. The number of carbonyl (C=O) groups excluding carboxylic acids is 1. The van der Waals surface area contributed by atoms with Gasteiger partial charge in [0.15, 0.2) is 0 Å². The van der Waals surface area contributed by atoms with E-state index < -0.39 is 26.6 Å². The van der Waals surface area contributed by atoms with Crippen molar-refractivity contribution in [3.05, 3.63) is 109 Å². The van der Waals surface area contributed by atoms with E-state index in [-0.39, 0.29) is 12.5 Å². The summed E-state index contributed by atoms with van der Waals surface area (Å²) in [6.45, 7) is 4.49. The number of nitrogens with zero attached hydrogens (tertiary/aromatic N) is 1. The van der Waals surface area contributed by atoms with Crippen molar-refractivity contribution in [1.29, 1.82) is 0 Å². The Kier molecular flexibility index (Phi) is 50.0. The summed E-state index contributed by atoms with van der Waals surface area (Å²) in [4.78, 5) is 25.5. The van der Waals surface area contributed by atoms with Gasteiger partial charge in [-0.05, 0) is 96.3 Å². The molecule has 0 fully saturated rings. The fourth-order valence-corrected chi connectivity index (χ4v) is 8.44. The van der Waals surface area contributed by atoms with E-state index in [1.54, 1.807) is 6.08 Å². The topological polar surface area (TPSA) is 108 Å². The van der Waals surface area contributed by atoms with Gasteiger partial charge >= 0.3 is 0 Å². The lowest BCUT2D eigenvalue weighted by molar-refractivity contribution is -0.870. The molecule has 0 heterocycles. The van der Waals surface area contributed by atoms with Gasteiger partial charge in [-0.1, -0.05) is 232 Å². The van der Waals surface area contributed by atoms with Gasteiger partial charge in [0, 0.05) is 6.42 Å². The number of likely N-dealkylation sites (N-methyl/N-ethyl adjacent to an activating group) is 1. The summed E-state index contributed by atoms with van der Waals surface area (Å²) in [6, 6.07) is -0.927. The van der Waals surface area contributed by atoms with Crippen molar-refractivity contribution in [2.75, 3.05) is 40.9 Å². The summed E-state index contributed by atoms with van der Waals surface area (Å²) in [5.74, 6) is -0.230. The fraction of sp³-hybridized carbons (Fsp3) is 0.694. The number of hydrogen-bond donors (Lipinski definition) is 2. The Morgan fingerprint density at radius 3 is 1.31 bits per heavy atom. The average Bonchev–Trinajstić information content (AvgIpc) is 3.33. The van der Waals surface area contributed by atoms with Gasteiger partial charge in [0.05, 0.1) is 39.9 Å². The molecule has 0 rings (SSSR count). The zero-order chi connectivity index (χ0) is 52.0. The zero-order valence-corrected chi connectivity index (χ0v) is 47.3. The highest BCUT2D eigenvalue weighted by Crippen LogP contribution is 2.38. The van der Waals surface area contributed by atoms with Crippen LogP contribution in [0.5, 0.6) is 0 Å². The summed E-state index contributed by atoms with van der Waals surface area (Å²) in [5.41, 5.74) is 0. The van der Waals surface area contributed by atoms with E-state index in [1.807, 2.05) is 27.2 Å². The summed E-state index contributed by atoms with van der Waals surface area (Å²) < 4.78 is 23.3. The van der Waals surface area contributed by atoms with Crippen LogP contribution in [0.15, 0.2) is 109 Å². The SMILES string of the molecule is CC/C=C\C/C=C\C/C=C\C/C=C\C/C=C\C/C=C\CCCCCCCCC(=O)NC(COP(=O)([O-])OCC[N+](C)(C)C)C(O)/C=C/CC/C=C/CC/C=C/CCCCCCCCCCCCCCCC. The number of phosphoric acid groups is 1. The predicted octanol–water partition coefficient (Wildman–Crippen LogP) is 17.0. The molecule has 3 unspecified atom stereocenters. The number of nitrogens with one attached hydrogen (secondary N) is 1. The third kappa shape index (κ3) is 54.8. The van der Waals surface area contributed by atoms with Crippen LogP contribution in [0.25, 0.3) is 0 Å². The van der Waals surface area contributed by atoms with Crippen molar-refractivity contribution < 1.29 is 32.9 Å². The van der Waals surface area contributed by atoms with E-state index in [2.05, 4.69) is 116 Å². The van der Waals surface area contributed by atoms with Crippen molar-refractivity contribution >= 4 is 13.7 Å². The molecule has 0 aromatic carbocycles. The van der Waals surface area contributed by atoms with E-state index in [9.17, 15) is 19.4 Å². The third-order valence-corrected chi connectivity index (χ3v) is 13.2. The van der Waals surface area contributed by atoms with Crippen molar-refractivity contribution in [1.82, 2.24) is 5.32 Å². The van der Waals surface area contributed by atoms with Crippen LogP contribution in [0, 0.1) is 0 Å². The van der Waals surface area contributed by atoms with Crippen LogP contribution in [0.4, 0.5) is 0 Å². The maximum absolute atomic E-state index is 13.0. The monoisotopic (exact) mass is 1010 g/mol. The first kappa shape index (κ1) is 68.2. The third-order valence-electron chi connectivity index (χ3n) is 12.2. The van der Waals surface area contributed by atoms with Crippen LogP contribution in [0.1, 0.15) is 226 Å². The Bertz CT molecular complexity index is 1520. The smallest absolute Gasteiger partial charge is 0.268 e. The average molecular weight is 1010 g/mol. The number of phosphoric ester groups is 1. The lowest BCUT2D eigenvalue weighted by atomic mass is 10.0. The lowest BCUT2D eigenvalue weighted by Crippen LogP contribution is -2.45. The molecule has 71 heavy (non-hydrogen) atoms. The van der Waals surface area contributed by atoms with Gasteiger partial charge in [0.25, 0.3) is 7.82 Å². The number of rotatable bonds is 51. The number of quaternary nitrogens is 1. The molecule has 0 bridgehead atoms. The Morgan fingerprint density at radius 2 is 0.873 bits per heavy atom. The summed E-state index contributed by atoms with van der Waals surface area (Å²) in [5, 5.41) is 13.9. The van der Waals surface area contributed by atoms with Crippen LogP contribution in [-0.4, -0.2) is 68.5 Å². The molecular weight excluding hydrogens is 900 g/mol. The van der Waals surface area contributed by atoms with Crippen molar-refractivity contribution in [3.63, 3.8) is 0 Å². The van der Waals surface area contributed by atoms with Crippen LogP contribution in [0.2, 0.25) is 0 Å². The highest BCUT2D eigenvalue weighted by molar-refractivity contribution is 7.45. The first-order chi connectivity index (χ1) is 34.5. The summed E-state index contributed by atoms with van der Waals surface area (Å²) >= 11 is 0. The van der Waals surface area contributed by atoms with E-state index in [1.165, 1.54) is 96.3 Å². The standard InChI is InChI=1S/C62H109N2O6P/c1-6-8-10-12-14-16-18-20-22-24-26-28-30-32-34-36-38-40-42-44-46-48-50-52-54-56-62(66)63-60(59-70-71(67,68)69-58-57-64(3,4)5)61(65)55-53-51-49-47-45-43-41-39-37-35-33-31-29-27-25-23-21-19-17-15-13-11-9-7-2/h8,10,14,16,20,22,26,28,32,34,37-40,45,47,53,55,60-61,65H,6-7,9,11-13,15,17-19,21,23-25,27,29-31,33,35-36,41-44,46,48-52,54,56-59H2,1-5H3,(H-,63,66,67,68)/b10-8-,16-14-,22-20-,28-26-,34-32-,39-37+,40-38-,47-45+,55-53+. The number of carbonyl (C=O) groups is 1. The minimum atomic E-state index is -4.62. The Balaban J connectivity index is 4.37. The minimum Gasteiger partial charge on any atom is -0.756 e. The predicted molar refractivity (Wildman–Crippen MR) is 306 cm³/mol. The van der Waals surface area contributed by atoms with E-state index in [0.29, 0.717) is 17.4 Å². The first-order valence-electron chi connectivity index (χ1n) is 28.7. The second-order valence-corrected chi connectivity index (χ2v) is 21.7. The molecule has 0 aliphatic rings. The van der Waals surface area contributed by atoms with E-state index >= 15 is 0 Å². The Hall–Kier alpha value is -2.84. The number of allylic oxidation sites excluding steroid dienone is 17. The Morgan fingerprint density at radius 1 is 0.507 bits per heavy atom. The molecule has 3 atom stereocenters. The van der Waals surface area contributed by atoms with Gasteiger partial charge < -0.3 is 28.8 Å². The summed E-state index contributed by atoms with van der Waals surface area (Å²) in [6.07, 6.45) is 75.9. The Labute approximate surface area is 438 Å². The highest BCUT2D eigenvalue weighted by Gasteiger charge is 2.23. The molecular formula is C62H109N2O6P. The van der Waals surface area contributed by atoms with Crippen molar-refractivity contribution in [3.8, 4) is 0 Å². The van der Waals surface area contributed by atoms with Crippen LogP contribution >= 0.6 is 7.82 Å². The minimum absolute atomic E-state index is 0.0182. The van der Waals surface area contributed by atoms with Gasteiger partial charge in [-0.2, -0.15) is 0 Å². The maximum Gasteiger partial charge on any atom is 0.268 e. The number of aliphatic hydroxyl groups is 1. The second-order valence-electron chi connectivity index (χ2n) is 20.2. The van der Waals surface area contributed by atoms with E-state index in [0.717, 1.165) is 109 Å². The van der Waals surface area contributed by atoms with Crippen LogP contribution in [-0.2, 0) is 18.4 Å². The van der Waals surface area contributed by atoms with Gasteiger partial charge in [0.1, 0.15) is 13.2 Å². The summed E-state index contributed by atoms with van der Waals surface area (Å²) in [7, 11) is 1.21. The number of amides is 1. The molecule has 0 saturated carbocycles. The molecule has 1 amide bonds. The molecule has 408 valence electrons. The van der Waals surface area contributed by atoms with Gasteiger partial charge in [0.2, 0.25) is 5.91 Å². The number of unbranched alkanes of at least 4 members (excludes halogenated alkanes) is 22. The zero-order valence-electron chi connectivity index (χ0n) is 46.4. The lowest BCUT2D eigenvalue weighted by Gasteiger charge is -2.29. The van der Waals surface area contributed by atoms with Crippen molar-refractivity contribution in [2.45, 2.75) is 238 Å². The van der Waals surface area contributed by atoms with Gasteiger partial charge in [-0.15, -0.1) is 0 Å². The highest BCUT2D eigenvalue weighted by atomic mass is 31.2. The van der Waals surface area contributed by atoms with Gasteiger partial charge in [-0.3, -0.25) is 9.36 Å². The van der Waals surface area contributed by atoms with Crippen molar-refractivity contribution in [2.24, 2.45) is 0 Å². The molecule has 0 aliphatic heterocycles. The molecule has 0 spiro atoms. The number of aliphatic hydroxyl groups excluding tert-OH is 1. The first-order valence-corrected chi connectivity index (χ1v) is 30.2. The second kappa shape index (κ2) is 52.0. The molecule has 2 N–H and O–H groups in total. The normalized spacial score (nSPS) is 14.7. The molecule has 0 radical (unpaired) electrons. The molecule has 0 aromatic rings. The van der Waals surface area contributed by atoms with E-state index in [4.69, 9.17) is 9.05 Å². The molecule has 0 saturated heterocycles. The fourth-order valence-electron chi connectivity index (χ4n) is 7.72. The maximum atomic E-state index is 13.0. The quantitative estimate of drug-likeness (QED) is 0.0272.